The number of unbranched alkanes of at least 4 members (excludes halogenated alkanes) is 1. The first-order valence-electron chi connectivity index (χ1n) is 5.54. The van der Waals surface area contributed by atoms with Crippen LogP contribution in [0.2, 0.25) is 0 Å². The Bertz CT molecular complexity index is 537. The first-order chi connectivity index (χ1) is 8.53. The fourth-order valence-corrected chi connectivity index (χ4v) is 3.00. The number of hydrogen-bond donors (Lipinski definition) is 0. The van der Waals surface area contributed by atoms with Crippen LogP contribution < -0.4 is 4.31 Å². The average Bonchev–Trinajstić information content (AvgIpc) is 2.38. The highest BCUT2D eigenvalue weighted by Gasteiger charge is 2.19. The fraction of sp³-hybridized carbons (Fsp3) is 0.417. The minimum absolute atomic E-state index is 0.0377. The highest BCUT2D eigenvalue weighted by atomic mass is 35.5. The molecule has 0 spiro atoms. The van der Waals surface area contributed by atoms with Crippen molar-refractivity contribution in [3.63, 3.8) is 0 Å². The second-order valence-electron chi connectivity index (χ2n) is 3.81. The van der Waals surface area contributed by atoms with Crippen LogP contribution in [0.15, 0.2) is 24.3 Å². The van der Waals surface area contributed by atoms with Crippen LogP contribution in [0.4, 0.5) is 5.69 Å². The van der Waals surface area contributed by atoms with Crippen molar-refractivity contribution < 1.29 is 8.42 Å². The van der Waals surface area contributed by atoms with Crippen LogP contribution in [-0.2, 0) is 10.0 Å². The molecule has 0 unspecified atom stereocenters. The predicted octanol–water partition coefficient (Wildman–Crippen LogP) is 2.34. The van der Waals surface area contributed by atoms with E-state index in [1.54, 1.807) is 24.3 Å². The maximum atomic E-state index is 12.0. The van der Waals surface area contributed by atoms with Crippen LogP contribution in [0.1, 0.15) is 18.4 Å². The zero-order valence-electron chi connectivity index (χ0n) is 10.1. The molecule has 0 bridgehead atoms. The number of alkyl halides is 1. The number of nitrogens with zero attached hydrogens (tertiary/aromatic N) is 2. The second kappa shape index (κ2) is 6.62. The number of nitriles is 1. The van der Waals surface area contributed by atoms with Crippen molar-refractivity contribution in [1.29, 1.82) is 5.26 Å². The third kappa shape index (κ3) is 3.62. The molecule has 0 saturated heterocycles. The summed E-state index contributed by atoms with van der Waals surface area (Å²) in [7, 11) is -1.93. The molecular weight excluding hydrogens is 272 g/mol. The Morgan fingerprint density at radius 1 is 1.33 bits per heavy atom. The molecule has 0 fully saturated rings. The van der Waals surface area contributed by atoms with Crippen LogP contribution in [0.3, 0.4) is 0 Å². The lowest BCUT2D eigenvalue weighted by molar-refractivity contribution is 0.591. The summed E-state index contributed by atoms with van der Waals surface area (Å²) in [5, 5.41) is 8.96. The van der Waals surface area contributed by atoms with Crippen LogP contribution in [0.25, 0.3) is 0 Å². The summed E-state index contributed by atoms with van der Waals surface area (Å²) >= 11 is 5.52. The van der Waals surface area contributed by atoms with Gasteiger partial charge in [-0.05, 0) is 25.0 Å². The van der Waals surface area contributed by atoms with E-state index >= 15 is 0 Å². The molecule has 0 aromatic heterocycles. The molecule has 0 aliphatic heterocycles. The fourth-order valence-electron chi connectivity index (χ4n) is 1.51. The largest absolute Gasteiger partial charge is 0.272 e. The van der Waals surface area contributed by atoms with E-state index in [1.807, 2.05) is 6.07 Å². The summed E-state index contributed by atoms with van der Waals surface area (Å²) in [5.74, 6) is 0.490. The van der Waals surface area contributed by atoms with E-state index in [2.05, 4.69) is 0 Å². The van der Waals surface area contributed by atoms with Crippen molar-refractivity contribution >= 4 is 27.3 Å². The Balaban J connectivity index is 2.93. The van der Waals surface area contributed by atoms with Gasteiger partial charge in [0, 0.05) is 12.9 Å². The molecule has 18 heavy (non-hydrogen) atoms. The quantitative estimate of drug-likeness (QED) is 0.596. The molecule has 4 nitrogen and oxygen atoms in total. The molecular formula is C12H15ClN2O2S. The molecule has 0 atom stereocenters. The van der Waals surface area contributed by atoms with Crippen molar-refractivity contribution in [2.24, 2.45) is 0 Å². The van der Waals surface area contributed by atoms with Gasteiger partial charge >= 0.3 is 0 Å². The number of halogens is 1. The van der Waals surface area contributed by atoms with Gasteiger partial charge in [0.2, 0.25) is 10.0 Å². The third-order valence-corrected chi connectivity index (χ3v) is 4.67. The Labute approximate surface area is 113 Å². The number of hydrogen-bond acceptors (Lipinski definition) is 3. The standard InChI is InChI=1S/C12H15ClN2O2S/c1-15(18(16,17)9-5-4-8-13)12-7-3-2-6-11(12)10-14/h2-3,6-7H,4-5,8-9H2,1H3. The molecule has 0 aliphatic rings. The summed E-state index contributed by atoms with van der Waals surface area (Å²) in [5.41, 5.74) is 0.756. The van der Waals surface area contributed by atoms with Crippen LogP contribution in [-0.4, -0.2) is 27.1 Å². The molecule has 1 aromatic carbocycles. The first-order valence-corrected chi connectivity index (χ1v) is 7.69. The number of sulfonamides is 1. The lowest BCUT2D eigenvalue weighted by atomic mass is 10.2. The highest BCUT2D eigenvalue weighted by molar-refractivity contribution is 7.92. The zero-order chi connectivity index (χ0) is 13.6. The van der Waals surface area contributed by atoms with E-state index in [1.165, 1.54) is 11.4 Å². The van der Waals surface area contributed by atoms with Gasteiger partial charge in [0.15, 0.2) is 0 Å². The summed E-state index contributed by atoms with van der Waals surface area (Å²) < 4.78 is 25.3. The van der Waals surface area contributed by atoms with E-state index in [-0.39, 0.29) is 5.75 Å². The molecule has 0 aliphatic carbocycles. The number of anilines is 1. The monoisotopic (exact) mass is 286 g/mol. The summed E-state index contributed by atoms with van der Waals surface area (Å²) in [6.45, 7) is 0. The van der Waals surface area contributed by atoms with Crippen molar-refractivity contribution in [1.82, 2.24) is 0 Å². The Morgan fingerprint density at radius 3 is 2.61 bits per heavy atom. The van der Waals surface area contributed by atoms with Gasteiger partial charge in [-0.15, -0.1) is 11.6 Å². The van der Waals surface area contributed by atoms with Gasteiger partial charge in [0.05, 0.1) is 17.0 Å². The zero-order valence-corrected chi connectivity index (χ0v) is 11.7. The highest BCUT2D eigenvalue weighted by Crippen LogP contribution is 2.21. The van der Waals surface area contributed by atoms with Gasteiger partial charge in [0.25, 0.3) is 0 Å². The van der Waals surface area contributed by atoms with E-state index in [4.69, 9.17) is 16.9 Å². The SMILES string of the molecule is CN(c1ccccc1C#N)S(=O)(=O)CCCCCl. The van der Waals surface area contributed by atoms with E-state index in [9.17, 15) is 8.42 Å². The average molecular weight is 287 g/mol. The summed E-state index contributed by atoms with van der Waals surface area (Å²) in [6.07, 6.45) is 1.18. The van der Waals surface area contributed by atoms with Gasteiger partial charge in [-0.3, -0.25) is 4.31 Å². The van der Waals surface area contributed by atoms with Gasteiger partial charge in [-0.1, -0.05) is 12.1 Å². The van der Waals surface area contributed by atoms with Gasteiger partial charge < -0.3 is 0 Å². The van der Waals surface area contributed by atoms with E-state index in [0.717, 1.165) is 0 Å². The van der Waals surface area contributed by atoms with Crippen molar-refractivity contribution in [2.45, 2.75) is 12.8 Å². The van der Waals surface area contributed by atoms with Crippen molar-refractivity contribution in [3.8, 4) is 6.07 Å². The van der Waals surface area contributed by atoms with Gasteiger partial charge in [-0.25, -0.2) is 8.42 Å². The maximum Gasteiger partial charge on any atom is 0.234 e. The van der Waals surface area contributed by atoms with Crippen LogP contribution in [0.5, 0.6) is 0 Å². The van der Waals surface area contributed by atoms with Crippen molar-refractivity contribution in [2.75, 3.05) is 23.0 Å². The van der Waals surface area contributed by atoms with Crippen LogP contribution >= 0.6 is 11.6 Å². The Kier molecular flexibility index (Phi) is 5.45. The number of para-hydroxylation sites is 1. The molecule has 0 radical (unpaired) electrons. The molecule has 0 N–H and O–H groups in total. The molecule has 1 rings (SSSR count). The predicted molar refractivity (Wildman–Crippen MR) is 73.3 cm³/mol. The Morgan fingerprint density at radius 2 is 2.00 bits per heavy atom. The van der Waals surface area contributed by atoms with Crippen LogP contribution in [0, 0.1) is 11.3 Å². The molecule has 98 valence electrons. The topological polar surface area (TPSA) is 61.2 Å². The second-order valence-corrected chi connectivity index (χ2v) is 6.31. The normalized spacial score (nSPS) is 10.9. The minimum atomic E-state index is -3.39. The smallest absolute Gasteiger partial charge is 0.234 e. The lowest BCUT2D eigenvalue weighted by Gasteiger charge is -2.20. The molecule has 6 heteroatoms. The molecule has 0 heterocycles. The number of benzene rings is 1. The van der Waals surface area contributed by atoms with Crippen molar-refractivity contribution in [3.05, 3.63) is 29.8 Å². The minimum Gasteiger partial charge on any atom is -0.272 e. The third-order valence-electron chi connectivity index (χ3n) is 2.57. The number of rotatable bonds is 6. The van der Waals surface area contributed by atoms with E-state index < -0.39 is 10.0 Å². The van der Waals surface area contributed by atoms with Gasteiger partial charge in [0.1, 0.15) is 6.07 Å². The molecule has 0 saturated carbocycles. The lowest BCUT2D eigenvalue weighted by Crippen LogP contribution is -2.29. The summed E-state index contributed by atoms with van der Waals surface area (Å²) in [6, 6.07) is 8.62. The van der Waals surface area contributed by atoms with Gasteiger partial charge in [-0.2, -0.15) is 5.26 Å². The first kappa shape index (κ1) is 14.8. The summed E-state index contributed by atoms with van der Waals surface area (Å²) in [4.78, 5) is 0. The van der Waals surface area contributed by atoms with E-state index in [0.29, 0.717) is 30.0 Å². The Hall–Kier alpha value is -1.25. The molecule has 0 amide bonds. The molecule has 1 aromatic rings. The maximum absolute atomic E-state index is 12.0.